The minimum Gasteiger partial charge on any atom is -0.395 e. The molecule has 0 unspecified atom stereocenters. The van der Waals surface area contributed by atoms with Gasteiger partial charge in [-0.05, 0) is 25.3 Å². The zero-order valence-electron chi connectivity index (χ0n) is 11.7. The molecule has 1 heterocycles. The van der Waals surface area contributed by atoms with E-state index in [4.69, 9.17) is 0 Å². The van der Waals surface area contributed by atoms with E-state index >= 15 is 0 Å². The van der Waals surface area contributed by atoms with Crippen molar-refractivity contribution in [1.82, 2.24) is 4.31 Å². The Bertz CT molecular complexity index is 644. The molecule has 8 heteroatoms. The topological polar surface area (TPSA) is 101 Å². The monoisotopic (exact) mass is 314 g/mol. The lowest BCUT2D eigenvalue weighted by atomic mass is 10.1. The fourth-order valence-corrected chi connectivity index (χ4v) is 4.51. The molecule has 1 aromatic rings. The van der Waals surface area contributed by atoms with Crippen molar-refractivity contribution in [2.45, 2.75) is 37.1 Å². The summed E-state index contributed by atoms with van der Waals surface area (Å²) in [7, 11) is -3.84. The highest BCUT2D eigenvalue weighted by molar-refractivity contribution is 7.89. The lowest BCUT2D eigenvalue weighted by Gasteiger charge is -2.33. The van der Waals surface area contributed by atoms with E-state index in [1.54, 1.807) is 6.92 Å². The van der Waals surface area contributed by atoms with Crippen LogP contribution in [0.5, 0.6) is 0 Å². The number of nitrogens with zero attached hydrogens (tertiary/aromatic N) is 2. The summed E-state index contributed by atoms with van der Waals surface area (Å²) in [6, 6.07) is 3.35. The second-order valence-electron chi connectivity index (χ2n) is 5.15. The summed E-state index contributed by atoms with van der Waals surface area (Å²) in [6.45, 7) is 1.69. The van der Waals surface area contributed by atoms with Gasteiger partial charge in [-0.25, -0.2) is 8.42 Å². The quantitative estimate of drug-likeness (QED) is 0.669. The maximum atomic E-state index is 12.7. The van der Waals surface area contributed by atoms with Gasteiger partial charge in [0.25, 0.3) is 5.69 Å². The van der Waals surface area contributed by atoms with Crippen LogP contribution in [0.25, 0.3) is 0 Å². The van der Waals surface area contributed by atoms with Crippen molar-refractivity contribution >= 4 is 15.7 Å². The third-order valence-corrected chi connectivity index (χ3v) is 5.85. The molecule has 2 rings (SSSR count). The summed E-state index contributed by atoms with van der Waals surface area (Å²) in [6.07, 6.45) is 2.19. The fourth-order valence-electron chi connectivity index (χ4n) is 2.58. The molecule has 21 heavy (non-hydrogen) atoms. The number of benzene rings is 1. The van der Waals surface area contributed by atoms with Crippen LogP contribution in [0.3, 0.4) is 0 Å². The molecule has 0 bridgehead atoms. The predicted molar refractivity (Wildman–Crippen MR) is 76.5 cm³/mol. The minimum atomic E-state index is -3.84. The van der Waals surface area contributed by atoms with Gasteiger partial charge < -0.3 is 5.11 Å². The summed E-state index contributed by atoms with van der Waals surface area (Å²) < 4.78 is 26.8. The van der Waals surface area contributed by atoms with E-state index in [-0.39, 0.29) is 17.2 Å². The Labute approximate surface area is 123 Å². The van der Waals surface area contributed by atoms with Gasteiger partial charge in [-0.15, -0.1) is 0 Å². The Hall–Kier alpha value is -1.51. The molecule has 7 nitrogen and oxygen atoms in total. The van der Waals surface area contributed by atoms with E-state index in [2.05, 4.69) is 0 Å². The number of sulfonamides is 1. The normalized spacial score (nSPS) is 20.4. The van der Waals surface area contributed by atoms with Crippen LogP contribution < -0.4 is 0 Å². The van der Waals surface area contributed by atoms with Crippen LogP contribution >= 0.6 is 0 Å². The van der Waals surface area contributed by atoms with Gasteiger partial charge in [0.1, 0.15) is 0 Å². The van der Waals surface area contributed by atoms with E-state index in [9.17, 15) is 23.6 Å². The third kappa shape index (κ3) is 3.07. The summed E-state index contributed by atoms with van der Waals surface area (Å²) in [5, 5.41) is 20.2. The number of piperidine rings is 1. The van der Waals surface area contributed by atoms with Crippen LogP contribution in [0.2, 0.25) is 0 Å². The molecule has 0 aliphatic carbocycles. The highest BCUT2D eigenvalue weighted by Crippen LogP contribution is 2.29. The largest absolute Gasteiger partial charge is 0.395 e. The van der Waals surface area contributed by atoms with Crippen LogP contribution in [0.15, 0.2) is 23.1 Å². The van der Waals surface area contributed by atoms with Gasteiger partial charge in [0.05, 0.1) is 16.4 Å². The molecule has 0 spiro atoms. The zero-order chi connectivity index (χ0) is 15.6. The molecule has 1 saturated heterocycles. The van der Waals surface area contributed by atoms with Gasteiger partial charge in [-0.1, -0.05) is 12.5 Å². The van der Waals surface area contributed by atoms with Crippen molar-refractivity contribution in [3.05, 3.63) is 33.9 Å². The molecule has 116 valence electrons. The van der Waals surface area contributed by atoms with Gasteiger partial charge in [-0.3, -0.25) is 10.1 Å². The Morgan fingerprint density at radius 1 is 1.43 bits per heavy atom. The molecular formula is C13H18N2O5S. The number of aliphatic hydroxyl groups excluding tert-OH is 1. The Kier molecular flexibility index (Phi) is 4.60. The molecular weight excluding hydrogens is 296 g/mol. The number of hydrogen-bond donors (Lipinski definition) is 1. The molecule has 1 atom stereocenters. The first-order valence-corrected chi connectivity index (χ1v) is 8.19. The smallest absolute Gasteiger partial charge is 0.270 e. The second-order valence-corrected chi connectivity index (χ2v) is 7.01. The molecule has 1 N–H and O–H groups in total. The first-order valence-electron chi connectivity index (χ1n) is 6.75. The number of rotatable bonds is 4. The molecule has 1 aliphatic rings. The highest BCUT2D eigenvalue weighted by Gasteiger charge is 2.34. The van der Waals surface area contributed by atoms with E-state index in [1.165, 1.54) is 16.4 Å². The Morgan fingerprint density at radius 2 is 2.14 bits per heavy atom. The maximum Gasteiger partial charge on any atom is 0.270 e. The molecule has 0 radical (unpaired) electrons. The number of aliphatic hydroxyl groups is 1. The van der Waals surface area contributed by atoms with Gasteiger partial charge in [0, 0.05) is 24.7 Å². The summed E-state index contributed by atoms with van der Waals surface area (Å²) in [5.74, 6) is 0. The SMILES string of the molecule is Cc1ccc([N+](=O)[O-])cc1S(=O)(=O)N1CCCC[C@H]1CO. The van der Waals surface area contributed by atoms with Crippen LogP contribution in [0, 0.1) is 17.0 Å². The van der Waals surface area contributed by atoms with Gasteiger partial charge in [0.2, 0.25) is 10.0 Å². The van der Waals surface area contributed by atoms with Crippen LogP contribution in [-0.4, -0.2) is 41.9 Å². The summed E-state index contributed by atoms with van der Waals surface area (Å²) in [4.78, 5) is 10.2. The van der Waals surface area contributed by atoms with Crippen molar-refractivity contribution < 1.29 is 18.4 Å². The number of aryl methyl sites for hydroxylation is 1. The molecule has 1 fully saturated rings. The van der Waals surface area contributed by atoms with Crippen molar-refractivity contribution in [1.29, 1.82) is 0 Å². The van der Waals surface area contributed by atoms with E-state index < -0.39 is 21.0 Å². The third-order valence-electron chi connectivity index (χ3n) is 3.75. The number of nitro groups is 1. The van der Waals surface area contributed by atoms with Gasteiger partial charge in [-0.2, -0.15) is 4.31 Å². The van der Waals surface area contributed by atoms with E-state index in [1.807, 2.05) is 0 Å². The van der Waals surface area contributed by atoms with Crippen LogP contribution in [0.4, 0.5) is 5.69 Å². The molecule has 0 amide bonds. The van der Waals surface area contributed by atoms with Crippen molar-refractivity contribution in [3.63, 3.8) is 0 Å². The van der Waals surface area contributed by atoms with Crippen molar-refractivity contribution in [2.75, 3.05) is 13.2 Å². The number of non-ortho nitro benzene ring substituents is 1. The predicted octanol–water partition coefficient (Wildman–Crippen LogP) is 1.44. The van der Waals surface area contributed by atoms with Crippen molar-refractivity contribution in [2.24, 2.45) is 0 Å². The van der Waals surface area contributed by atoms with E-state index in [0.717, 1.165) is 18.9 Å². The zero-order valence-corrected chi connectivity index (χ0v) is 12.5. The first-order chi connectivity index (χ1) is 9.87. The molecule has 0 saturated carbocycles. The maximum absolute atomic E-state index is 12.7. The standard InChI is InChI=1S/C13H18N2O5S/c1-10-5-6-11(15(17)18)8-13(10)21(19,20)14-7-3-2-4-12(14)9-16/h5-6,8,12,16H,2-4,7,9H2,1H3/t12-/m0/s1. The lowest BCUT2D eigenvalue weighted by molar-refractivity contribution is -0.385. The fraction of sp³-hybridized carbons (Fsp3) is 0.538. The van der Waals surface area contributed by atoms with E-state index in [0.29, 0.717) is 18.5 Å². The van der Waals surface area contributed by atoms with Crippen molar-refractivity contribution in [3.8, 4) is 0 Å². The Balaban J connectivity index is 2.47. The van der Waals surface area contributed by atoms with Crippen LogP contribution in [-0.2, 0) is 10.0 Å². The summed E-state index contributed by atoms with van der Waals surface area (Å²) in [5.41, 5.74) is 0.208. The van der Waals surface area contributed by atoms with Gasteiger partial charge in [0.15, 0.2) is 0 Å². The molecule has 0 aromatic heterocycles. The number of hydrogen-bond acceptors (Lipinski definition) is 5. The Morgan fingerprint density at radius 3 is 2.76 bits per heavy atom. The highest BCUT2D eigenvalue weighted by atomic mass is 32.2. The first kappa shape index (κ1) is 15.9. The summed E-state index contributed by atoms with van der Waals surface area (Å²) >= 11 is 0. The minimum absolute atomic E-state index is 0.0583. The molecule has 1 aliphatic heterocycles. The average Bonchev–Trinajstić information content (AvgIpc) is 2.47. The molecule has 1 aromatic carbocycles. The average molecular weight is 314 g/mol. The second kappa shape index (κ2) is 6.08. The van der Waals surface area contributed by atoms with Gasteiger partial charge >= 0.3 is 0 Å². The lowest BCUT2D eigenvalue weighted by Crippen LogP contribution is -2.45. The van der Waals surface area contributed by atoms with Crippen LogP contribution in [0.1, 0.15) is 24.8 Å². The number of nitro benzene ring substituents is 1.